The summed E-state index contributed by atoms with van der Waals surface area (Å²) in [5, 5.41) is 0.734. The number of aryl methyl sites for hydroxylation is 1. The topological polar surface area (TPSA) is 32.3 Å². The molecule has 2 aliphatic rings. The summed E-state index contributed by atoms with van der Waals surface area (Å²) in [7, 11) is 4.32. The predicted molar refractivity (Wildman–Crippen MR) is 108 cm³/mol. The summed E-state index contributed by atoms with van der Waals surface area (Å²) in [6, 6.07) is 7.90. The van der Waals surface area contributed by atoms with E-state index in [0.29, 0.717) is 5.92 Å². The van der Waals surface area contributed by atoms with Crippen LogP contribution in [0.5, 0.6) is 0 Å². The van der Waals surface area contributed by atoms with Crippen LogP contribution < -0.4 is 4.90 Å². The lowest BCUT2D eigenvalue weighted by Crippen LogP contribution is -2.28. The second-order valence-corrected chi connectivity index (χ2v) is 8.31. The van der Waals surface area contributed by atoms with Crippen LogP contribution in [-0.4, -0.2) is 48.6 Å². The summed E-state index contributed by atoms with van der Waals surface area (Å²) < 4.78 is 0. The molecule has 1 aliphatic carbocycles. The molecule has 1 atom stereocenters. The van der Waals surface area contributed by atoms with Gasteiger partial charge in [0.2, 0.25) is 0 Å². The number of aromatic nitrogens is 2. The summed E-state index contributed by atoms with van der Waals surface area (Å²) in [5.74, 6) is 2.71. The molecule has 1 aliphatic heterocycles. The Hall–Kier alpha value is -1.65. The number of hydrogen-bond donors (Lipinski definition) is 0. The van der Waals surface area contributed by atoms with E-state index in [1.165, 1.54) is 36.3 Å². The van der Waals surface area contributed by atoms with E-state index in [9.17, 15) is 0 Å². The Labute approximate surface area is 161 Å². The number of anilines is 1. The van der Waals surface area contributed by atoms with E-state index in [1.54, 1.807) is 0 Å². The molecule has 2 aromatic rings. The summed E-state index contributed by atoms with van der Waals surface area (Å²) in [6.45, 7) is 3.33. The maximum absolute atomic E-state index is 6.20. The second-order valence-electron chi connectivity index (χ2n) is 7.88. The second kappa shape index (κ2) is 7.53. The summed E-state index contributed by atoms with van der Waals surface area (Å²) in [6.07, 6.45) is 5.88. The highest BCUT2D eigenvalue weighted by Gasteiger charge is 2.28. The molecule has 1 aromatic carbocycles. The van der Waals surface area contributed by atoms with Crippen molar-refractivity contribution in [2.45, 2.75) is 32.1 Å². The predicted octanol–water partition coefficient (Wildman–Crippen LogP) is 4.06. The zero-order chi connectivity index (χ0) is 18.1. The first-order valence-electron chi connectivity index (χ1n) is 9.65. The van der Waals surface area contributed by atoms with Gasteiger partial charge in [0.05, 0.1) is 0 Å². The van der Waals surface area contributed by atoms with Gasteiger partial charge in [-0.1, -0.05) is 23.7 Å². The summed E-state index contributed by atoms with van der Waals surface area (Å²) in [4.78, 5) is 14.7. The van der Waals surface area contributed by atoms with Crippen molar-refractivity contribution in [3.8, 4) is 11.4 Å². The molecule has 0 saturated carbocycles. The molecule has 1 fully saturated rings. The van der Waals surface area contributed by atoms with E-state index in [-0.39, 0.29) is 0 Å². The van der Waals surface area contributed by atoms with Crippen LogP contribution in [-0.2, 0) is 12.8 Å². The molecule has 0 amide bonds. The van der Waals surface area contributed by atoms with Gasteiger partial charge >= 0.3 is 0 Å². The Balaban J connectivity index is 1.70. The van der Waals surface area contributed by atoms with E-state index in [4.69, 9.17) is 21.6 Å². The van der Waals surface area contributed by atoms with Crippen LogP contribution in [0.15, 0.2) is 24.3 Å². The first-order chi connectivity index (χ1) is 12.6. The molecule has 1 aromatic heterocycles. The van der Waals surface area contributed by atoms with Gasteiger partial charge in [0.25, 0.3) is 0 Å². The molecule has 0 radical (unpaired) electrons. The molecule has 4 nitrogen and oxygen atoms in total. The largest absolute Gasteiger partial charge is 0.356 e. The van der Waals surface area contributed by atoms with Crippen LogP contribution in [0.4, 0.5) is 5.82 Å². The minimum absolute atomic E-state index is 0.717. The van der Waals surface area contributed by atoms with Gasteiger partial charge in [-0.2, -0.15) is 0 Å². The van der Waals surface area contributed by atoms with Crippen LogP contribution in [0.1, 0.15) is 30.5 Å². The lowest BCUT2D eigenvalue weighted by Gasteiger charge is -2.26. The molecule has 0 bridgehead atoms. The molecule has 138 valence electrons. The van der Waals surface area contributed by atoms with Crippen molar-refractivity contribution in [2.24, 2.45) is 5.92 Å². The quantitative estimate of drug-likeness (QED) is 0.812. The highest BCUT2D eigenvalue weighted by molar-refractivity contribution is 6.30. The van der Waals surface area contributed by atoms with Gasteiger partial charge in [-0.25, -0.2) is 9.97 Å². The minimum Gasteiger partial charge on any atom is -0.356 e. The zero-order valence-corrected chi connectivity index (χ0v) is 16.5. The van der Waals surface area contributed by atoms with Crippen molar-refractivity contribution in [1.29, 1.82) is 0 Å². The molecule has 26 heavy (non-hydrogen) atoms. The lowest BCUT2D eigenvalue weighted by molar-refractivity contribution is 0.340. The standard InChI is InChI=1S/C21H27ClN4/c1-25(2)13-15-10-11-26(14-15)21-18-8-3-4-9-19(18)23-20(24-21)16-6-5-7-17(22)12-16/h5-7,12,15H,3-4,8-11,13-14H2,1-2H3. The SMILES string of the molecule is CN(C)CC1CCN(c2nc(-c3cccc(Cl)c3)nc3c2CCCC3)C1. The van der Waals surface area contributed by atoms with Crippen molar-refractivity contribution in [3.63, 3.8) is 0 Å². The van der Waals surface area contributed by atoms with E-state index < -0.39 is 0 Å². The van der Waals surface area contributed by atoms with Crippen LogP contribution in [0.3, 0.4) is 0 Å². The zero-order valence-electron chi connectivity index (χ0n) is 15.7. The maximum Gasteiger partial charge on any atom is 0.161 e. The van der Waals surface area contributed by atoms with Crippen molar-refractivity contribution in [1.82, 2.24) is 14.9 Å². The van der Waals surface area contributed by atoms with Crippen LogP contribution in [0.25, 0.3) is 11.4 Å². The van der Waals surface area contributed by atoms with Gasteiger partial charge in [0.1, 0.15) is 5.82 Å². The van der Waals surface area contributed by atoms with Crippen molar-refractivity contribution >= 4 is 17.4 Å². The first kappa shape index (κ1) is 17.7. The number of hydrogen-bond acceptors (Lipinski definition) is 4. The molecule has 1 saturated heterocycles. The van der Waals surface area contributed by atoms with Crippen LogP contribution in [0, 0.1) is 5.92 Å². The third kappa shape index (κ3) is 3.72. The number of fused-ring (bicyclic) bond motifs is 1. The van der Waals surface area contributed by atoms with E-state index >= 15 is 0 Å². The maximum atomic E-state index is 6.20. The Morgan fingerprint density at radius 3 is 2.85 bits per heavy atom. The Morgan fingerprint density at radius 2 is 2.04 bits per heavy atom. The van der Waals surface area contributed by atoms with Gasteiger partial charge in [-0.05, 0) is 64.3 Å². The van der Waals surface area contributed by atoms with Gasteiger partial charge in [0.15, 0.2) is 5.82 Å². The Bertz CT molecular complexity index is 790. The average Bonchev–Trinajstić information content (AvgIpc) is 3.08. The van der Waals surface area contributed by atoms with Gasteiger partial charge < -0.3 is 9.80 Å². The van der Waals surface area contributed by atoms with Gasteiger partial charge in [-0.15, -0.1) is 0 Å². The fourth-order valence-corrected chi connectivity index (χ4v) is 4.47. The highest BCUT2D eigenvalue weighted by atomic mass is 35.5. The first-order valence-corrected chi connectivity index (χ1v) is 10.0. The molecular weight excluding hydrogens is 344 g/mol. The molecule has 0 N–H and O–H groups in total. The van der Waals surface area contributed by atoms with Gasteiger partial charge in [0, 0.05) is 41.5 Å². The third-order valence-electron chi connectivity index (χ3n) is 5.45. The Kier molecular flexibility index (Phi) is 5.14. The number of nitrogens with zero attached hydrogens (tertiary/aromatic N) is 4. The fraction of sp³-hybridized carbons (Fsp3) is 0.524. The molecule has 2 heterocycles. The molecule has 0 spiro atoms. The highest BCUT2D eigenvalue weighted by Crippen LogP contribution is 2.33. The fourth-order valence-electron chi connectivity index (χ4n) is 4.28. The van der Waals surface area contributed by atoms with E-state index in [2.05, 4.69) is 30.0 Å². The number of halogens is 1. The van der Waals surface area contributed by atoms with E-state index in [0.717, 1.165) is 48.9 Å². The Morgan fingerprint density at radius 1 is 1.19 bits per heavy atom. The third-order valence-corrected chi connectivity index (χ3v) is 5.69. The summed E-state index contributed by atoms with van der Waals surface area (Å²) in [5.41, 5.74) is 3.64. The average molecular weight is 371 g/mol. The molecular formula is C21H27ClN4. The smallest absolute Gasteiger partial charge is 0.161 e. The molecule has 5 heteroatoms. The number of rotatable bonds is 4. The van der Waals surface area contributed by atoms with Crippen LogP contribution in [0.2, 0.25) is 5.02 Å². The molecule has 4 rings (SSSR count). The number of benzene rings is 1. The van der Waals surface area contributed by atoms with E-state index in [1.807, 2.05) is 18.2 Å². The lowest BCUT2D eigenvalue weighted by atomic mass is 9.95. The minimum atomic E-state index is 0.717. The summed E-state index contributed by atoms with van der Waals surface area (Å²) >= 11 is 6.20. The van der Waals surface area contributed by atoms with Crippen molar-refractivity contribution in [3.05, 3.63) is 40.5 Å². The molecule has 1 unspecified atom stereocenters. The monoisotopic (exact) mass is 370 g/mol. The van der Waals surface area contributed by atoms with Crippen molar-refractivity contribution in [2.75, 3.05) is 38.6 Å². The van der Waals surface area contributed by atoms with Crippen molar-refractivity contribution < 1.29 is 0 Å². The van der Waals surface area contributed by atoms with Gasteiger partial charge in [-0.3, -0.25) is 0 Å². The normalized spacial score (nSPS) is 19.8. The van der Waals surface area contributed by atoms with Crippen LogP contribution >= 0.6 is 11.6 Å².